The molecule has 1 aromatic carbocycles. The van der Waals surface area contributed by atoms with Crippen LogP contribution in [0, 0.1) is 22.7 Å². The van der Waals surface area contributed by atoms with Crippen molar-refractivity contribution in [3.63, 3.8) is 0 Å². The fourth-order valence-electron chi connectivity index (χ4n) is 3.75. The maximum Gasteiger partial charge on any atom is 0.247 e. The third kappa shape index (κ3) is 3.61. The summed E-state index contributed by atoms with van der Waals surface area (Å²) in [6.45, 7) is 2.87. The Balaban J connectivity index is 1.61. The highest BCUT2D eigenvalue weighted by Crippen LogP contribution is 2.36. The largest absolute Gasteiger partial charge is 0.419 e. The SMILES string of the molecule is CCC(c1nnc(-c2ccc(C#N)cc2)o1)N1CCC2=CC1C=CC(C#N)=C2Cl. The second-order valence-electron chi connectivity index (χ2n) is 6.93. The summed E-state index contributed by atoms with van der Waals surface area (Å²) < 4.78 is 6.00. The molecule has 2 aliphatic rings. The third-order valence-electron chi connectivity index (χ3n) is 5.27. The summed E-state index contributed by atoms with van der Waals surface area (Å²) >= 11 is 6.38. The average molecular weight is 404 g/mol. The molecule has 7 heteroatoms. The van der Waals surface area contributed by atoms with Crippen molar-refractivity contribution < 1.29 is 4.42 Å². The van der Waals surface area contributed by atoms with E-state index < -0.39 is 0 Å². The Labute approximate surface area is 174 Å². The van der Waals surface area contributed by atoms with Crippen LogP contribution in [-0.4, -0.2) is 27.7 Å². The summed E-state index contributed by atoms with van der Waals surface area (Å²) in [5.74, 6) is 0.991. The van der Waals surface area contributed by atoms with E-state index in [1.165, 1.54) is 0 Å². The van der Waals surface area contributed by atoms with Crippen LogP contribution in [0.15, 0.2) is 63.1 Å². The number of nitriles is 2. The number of hydrogen-bond acceptors (Lipinski definition) is 6. The number of hydrogen-bond donors (Lipinski definition) is 0. The van der Waals surface area contributed by atoms with Crippen molar-refractivity contribution in [1.82, 2.24) is 15.1 Å². The van der Waals surface area contributed by atoms with Crippen LogP contribution in [0.4, 0.5) is 0 Å². The van der Waals surface area contributed by atoms with Crippen LogP contribution in [0.1, 0.15) is 37.3 Å². The fraction of sp³-hybridized carbons (Fsp3) is 0.273. The van der Waals surface area contributed by atoms with E-state index in [0.29, 0.717) is 28.0 Å². The monoisotopic (exact) mass is 403 g/mol. The quantitative estimate of drug-likeness (QED) is 0.738. The fourth-order valence-corrected chi connectivity index (χ4v) is 4.01. The van der Waals surface area contributed by atoms with Gasteiger partial charge in [-0.1, -0.05) is 30.7 Å². The molecule has 4 rings (SSSR count). The molecule has 144 valence electrons. The molecular weight excluding hydrogens is 386 g/mol. The number of aromatic nitrogens is 2. The van der Waals surface area contributed by atoms with Crippen LogP contribution in [-0.2, 0) is 0 Å². The maximum atomic E-state index is 9.31. The molecule has 0 saturated heterocycles. The van der Waals surface area contributed by atoms with Crippen molar-refractivity contribution in [3.05, 3.63) is 70.1 Å². The summed E-state index contributed by atoms with van der Waals surface area (Å²) in [5.41, 5.74) is 2.87. The number of nitrogens with zero attached hydrogens (tertiary/aromatic N) is 5. The van der Waals surface area contributed by atoms with Gasteiger partial charge in [-0.25, -0.2) is 0 Å². The molecule has 2 bridgehead atoms. The maximum absolute atomic E-state index is 9.31. The smallest absolute Gasteiger partial charge is 0.247 e. The van der Waals surface area contributed by atoms with E-state index in [-0.39, 0.29) is 12.1 Å². The van der Waals surface area contributed by atoms with Gasteiger partial charge in [-0.05, 0) is 48.8 Å². The first kappa shape index (κ1) is 19.1. The lowest BCUT2D eigenvalue weighted by molar-refractivity contribution is 0.148. The molecule has 1 aliphatic heterocycles. The molecule has 6 nitrogen and oxygen atoms in total. The Morgan fingerprint density at radius 3 is 2.72 bits per heavy atom. The molecule has 2 heterocycles. The predicted molar refractivity (Wildman–Crippen MR) is 108 cm³/mol. The lowest BCUT2D eigenvalue weighted by Crippen LogP contribution is -2.39. The first-order valence-corrected chi connectivity index (χ1v) is 9.81. The van der Waals surface area contributed by atoms with Gasteiger partial charge in [0.2, 0.25) is 11.8 Å². The van der Waals surface area contributed by atoms with E-state index in [0.717, 1.165) is 30.5 Å². The molecule has 0 radical (unpaired) electrons. The molecule has 0 saturated carbocycles. The number of allylic oxidation sites excluding steroid dienone is 3. The van der Waals surface area contributed by atoms with E-state index in [1.54, 1.807) is 30.3 Å². The Morgan fingerprint density at radius 2 is 2.03 bits per heavy atom. The van der Waals surface area contributed by atoms with Crippen molar-refractivity contribution in [2.24, 2.45) is 0 Å². The molecule has 1 aliphatic carbocycles. The van der Waals surface area contributed by atoms with Crippen molar-refractivity contribution in [1.29, 1.82) is 10.5 Å². The summed E-state index contributed by atoms with van der Waals surface area (Å²) in [5, 5.41) is 27.3. The molecule has 0 fully saturated rings. The van der Waals surface area contributed by atoms with E-state index in [4.69, 9.17) is 21.3 Å². The number of halogens is 1. The molecule has 1 aromatic heterocycles. The topological polar surface area (TPSA) is 89.7 Å². The van der Waals surface area contributed by atoms with Crippen molar-refractivity contribution in [2.75, 3.05) is 6.54 Å². The molecule has 29 heavy (non-hydrogen) atoms. The second kappa shape index (κ2) is 8.05. The Hall–Kier alpha value is -3.19. The first-order chi connectivity index (χ1) is 14.1. The van der Waals surface area contributed by atoms with Crippen molar-refractivity contribution in [3.8, 4) is 23.6 Å². The van der Waals surface area contributed by atoms with Gasteiger partial charge in [0, 0.05) is 18.2 Å². The molecule has 0 spiro atoms. The van der Waals surface area contributed by atoms with Crippen LogP contribution in [0.3, 0.4) is 0 Å². The first-order valence-electron chi connectivity index (χ1n) is 9.43. The van der Waals surface area contributed by atoms with Gasteiger partial charge in [0.25, 0.3) is 0 Å². The molecule has 0 N–H and O–H groups in total. The summed E-state index contributed by atoms with van der Waals surface area (Å²) in [6, 6.07) is 11.3. The minimum absolute atomic E-state index is 0.00793. The van der Waals surface area contributed by atoms with E-state index in [9.17, 15) is 5.26 Å². The van der Waals surface area contributed by atoms with Gasteiger partial charge in [0.05, 0.1) is 28.3 Å². The zero-order chi connectivity index (χ0) is 20.4. The predicted octanol–water partition coefficient (Wildman–Crippen LogP) is 4.65. The average Bonchev–Trinajstić information content (AvgIpc) is 3.20. The Morgan fingerprint density at radius 1 is 1.24 bits per heavy atom. The van der Waals surface area contributed by atoms with Crippen LogP contribution >= 0.6 is 11.6 Å². The molecule has 2 unspecified atom stereocenters. The van der Waals surface area contributed by atoms with Gasteiger partial charge in [-0.3, -0.25) is 4.90 Å². The van der Waals surface area contributed by atoms with Crippen LogP contribution in [0.5, 0.6) is 0 Å². The standard InChI is InChI=1S/C22H18ClN5O/c1-2-19(22-27-26-21(29-22)15-5-3-14(12-24)4-6-15)28-10-9-16-11-18(28)8-7-17(13-25)20(16)23/h3-8,11,18-19H,2,9-10H2,1H3. The summed E-state index contributed by atoms with van der Waals surface area (Å²) in [6.07, 6.45) is 7.45. The van der Waals surface area contributed by atoms with E-state index in [2.05, 4.69) is 40.2 Å². The van der Waals surface area contributed by atoms with Gasteiger partial charge in [0.1, 0.15) is 6.07 Å². The zero-order valence-corrected chi connectivity index (χ0v) is 16.6. The zero-order valence-electron chi connectivity index (χ0n) is 15.8. The van der Waals surface area contributed by atoms with Crippen LogP contribution in [0.25, 0.3) is 11.5 Å². The highest BCUT2D eigenvalue weighted by molar-refractivity contribution is 6.32. The number of benzene rings is 1. The number of rotatable bonds is 4. The Bertz CT molecular complexity index is 1100. The molecular formula is C22H18ClN5O. The van der Waals surface area contributed by atoms with E-state index in [1.807, 2.05) is 6.08 Å². The minimum Gasteiger partial charge on any atom is -0.419 e. The van der Waals surface area contributed by atoms with Crippen LogP contribution < -0.4 is 0 Å². The normalized spacial score (nSPS) is 19.9. The van der Waals surface area contributed by atoms with Crippen LogP contribution in [0.2, 0.25) is 0 Å². The van der Waals surface area contributed by atoms with Gasteiger partial charge in [-0.15, -0.1) is 10.2 Å². The highest BCUT2D eigenvalue weighted by atomic mass is 35.5. The van der Waals surface area contributed by atoms with Gasteiger partial charge < -0.3 is 4.42 Å². The van der Waals surface area contributed by atoms with Crippen molar-refractivity contribution in [2.45, 2.75) is 31.8 Å². The molecule has 0 amide bonds. The van der Waals surface area contributed by atoms with Gasteiger partial charge >= 0.3 is 0 Å². The van der Waals surface area contributed by atoms with E-state index >= 15 is 0 Å². The van der Waals surface area contributed by atoms with Gasteiger partial charge in [0.15, 0.2) is 0 Å². The third-order valence-corrected chi connectivity index (χ3v) is 5.71. The van der Waals surface area contributed by atoms with Crippen molar-refractivity contribution >= 4 is 11.6 Å². The minimum atomic E-state index is -0.0514. The number of fused-ring (bicyclic) bond motifs is 1. The Kier molecular flexibility index (Phi) is 5.31. The summed E-state index contributed by atoms with van der Waals surface area (Å²) in [4.78, 5) is 2.29. The lowest BCUT2D eigenvalue weighted by Gasteiger charge is -2.36. The highest BCUT2D eigenvalue weighted by Gasteiger charge is 2.32. The second-order valence-corrected chi connectivity index (χ2v) is 7.31. The van der Waals surface area contributed by atoms with Gasteiger partial charge in [-0.2, -0.15) is 10.5 Å². The molecule has 2 atom stereocenters. The molecule has 2 aromatic rings. The lowest BCUT2D eigenvalue weighted by atomic mass is 9.99. The summed E-state index contributed by atoms with van der Waals surface area (Å²) in [7, 11) is 0.